The van der Waals surface area contributed by atoms with E-state index in [1.54, 1.807) is 0 Å². The number of benzene rings is 1. The number of anilines is 1. The highest BCUT2D eigenvalue weighted by Gasteiger charge is 2.21. The zero-order chi connectivity index (χ0) is 14.5. The van der Waals surface area contributed by atoms with Gasteiger partial charge in [0.1, 0.15) is 4.32 Å². The predicted octanol–water partition coefficient (Wildman–Crippen LogP) is 3.89. The summed E-state index contributed by atoms with van der Waals surface area (Å²) < 4.78 is 1.83. The second-order valence-corrected chi connectivity index (χ2v) is 7.61. The van der Waals surface area contributed by atoms with Crippen molar-refractivity contribution in [3.05, 3.63) is 28.7 Å². The molecular weight excluding hydrogens is 356 g/mol. The van der Waals surface area contributed by atoms with Crippen LogP contribution in [0.25, 0.3) is 0 Å². The molecule has 1 saturated heterocycles. The van der Waals surface area contributed by atoms with E-state index >= 15 is 0 Å². The van der Waals surface area contributed by atoms with Crippen molar-refractivity contribution < 1.29 is 4.79 Å². The molecule has 1 fully saturated rings. The molecule has 20 heavy (non-hydrogen) atoms. The van der Waals surface area contributed by atoms with Crippen LogP contribution in [-0.2, 0) is 4.79 Å². The maximum atomic E-state index is 12.1. The molecule has 1 aromatic rings. The van der Waals surface area contributed by atoms with Crippen LogP contribution in [-0.4, -0.2) is 33.5 Å². The maximum absolute atomic E-state index is 12.1. The first kappa shape index (κ1) is 15.8. The Hall–Kier alpha value is -0.590. The molecule has 6 heteroatoms. The lowest BCUT2D eigenvalue weighted by Crippen LogP contribution is -2.29. The second kappa shape index (κ2) is 7.43. The van der Waals surface area contributed by atoms with Crippen LogP contribution < -0.4 is 5.32 Å². The molecule has 1 atom stereocenters. The summed E-state index contributed by atoms with van der Waals surface area (Å²) >= 11 is 10.2. The number of amides is 1. The number of rotatable bonds is 3. The third kappa shape index (κ3) is 4.46. The van der Waals surface area contributed by atoms with Gasteiger partial charge in [0.15, 0.2) is 0 Å². The van der Waals surface area contributed by atoms with Crippen LogP contribution in [0.1, 0.15) is 19.8 Å². The summed E-state index contributed by atoms with van der Waals surface area (Å²) in [6, 6.07) is 7.56. The van der Waals surface area contributed by atoms with Gasteiger partial charge >= 0.3 is 0 Å². The van der Waals surface area contributed by atoms with Gasteiger partial charge in [-0.25, -0.2) is 0 Å². The van der Waals surface area contributed by atoms with Gasteiger partial charge in [0.25, 0.3) is 0 Å². The number of nitrogens with zero attached hydrogens (tertiary/aromatic N) is 1. The average Bonchev–Trinajstić information content (AvgIpc) is 2.95. The normalized spacial score (nSPS) is 16.0. The number of nitrogens with one attached hydrogen (secondary N) is 1. The van der Waals surface area contributed by atoms with E-state index in [0.717, 1.165) is 27.6 Å². The van der Waals surface area contributed by atoms with E-state index in [1.807, 2.05) is 31.2 Å². The number of thioether (sulfide) groups is 1. The van der Waals surface area contributed by atoms with Gasteiger partial charge in [-0.1, -0.05) is 39.9 Å². The van der Waals surface area contributed by atoms with E-state index in [9.17, 15) is 4.79 Å². The van der Waals surface area contributed by atoms with Crippen LogP contribution in [0.5, 0.6) is 0 Å². The van der Waals surface area contributed by atoms with Crippen LogP contribution in [0.4, 0.5) is 5.69 Å². The van der Waals surface area contributed by atoms with Gasteiger partial charge in [-0.3, -0.25) is 4.79 Å². The zero-order valence-corrected chi connectivity index (χ0v) is 14.5. The van der Waals surface area contributed by atoms with E-state index in [0.29, 0.717) is 0 Å². The molecule has 108 valence electrons. The minimum absolute atomic E-state index is 0.0149. The molecule has 2 rings (SSSR count). The van der Waals surface area contributed by atoms with Crippen LogP contribution in [0, 0.1) is 0 Å². The van der Waals surface area contributed by atoms with E-state index < -0.39 is 0 Å². The van der Waals surface area contributed by atoms with E-state index in [1.165, 1.54) is 24.6 Å². The van der Waals surface area contributed by atoms with Crippen molar-refractivity contribution in [3.8, 4) is 0 Å². The van der Waals surface area contributed by atoms with Gasteiger partial charge in [0.05, 0.1) is 5.25 Å². The Morgan fingerprint density at radius 3 is 2.55 bits per heavy atom. The van der Waals surface area contributed by atoms with Gasteiger partial charge in [0, 0.05) is 23.2 Å². The fourth-order valence-corrected chi connectivity index (χ4v) is 3.64. The molecular formula is C14H17BrN2OS2. The van der Waals surface area contributed by atoms with Gasteiger partial charge < -0.3 is 10.2 Å². The number of likely N-dealkylation sites (tertiary alicyclic amines) is 1. The van der Waals surface area contributed by atoms with Crippen molar-refractivity contribution in [1.82, 2.24) is 4.90 Å². The topological polar surface area (TPSA) is 32.3 Å². The summed E-state index contributed by atoms with van der Waals surface area (Å²) in [5.41, 5.74) is 0.803. The quantitative estimate of drug-likeness (QED) is 0.815. The predicted molar refractivity (Wildman–Crippen MR) is 93.2 cm³/mol. The summed E-state index contributed by atoms with van der Waals surface area (Å²) in [5.74, 6) is -0.0149. The van der Waals surface area contributed by atoms with Crippen molar-refractivity contribution >= 4 is 55.8 Å². The number of hydrogen-bond donors (Lipinski definition) is 1. The number of thiocarbonyl (C=S) groups is 1. The third-order valence-corrected chi connectivity index (χ3v) is 5.23. The monoisotopic (exact) mass is 372 g/mol. The Morgan fingerprint density at radius 2 is 1.95 bits per heavy atom. The number of carbonyl (C=O) groups is 1. The van der Waals surface area contributed by atoms with E-state index in [-0.39, 0.29) is 11.2 Å². The molecule has 1 N–H and O–H groups in total. The Balaban J connectivity index is 1.85. The molecule has 3 nitrogen and oxygen atoms in total. The van der Waals surface area contributed by atoms with E-state index in [2.05, 4.69) is 26.1 Å². The van der Waals surface area contributed by atoms with Crippen molar-refractivity contribution in [2.45, 2.75) is 25.0 Å². The van der Waals surface area contributed by atoms with Gasteiger partial charge in [0.2, 0.25) is 5.91 Å². The summed E-state index contributed by atoms with van der Waals surface area (Å²) in [4.78, 5) is 14.3. The zero-order valence-electron chi connectivity index (χ0n) is 11.3. The molecule has 1 heterocycles. The molecule has 1 aliphatic rings. The van der Waals surface area contributed by atoms with Crippen molar-refractivity contribution in [2.75, 3.05) is 18.4 Å². The summed E-state index contributed by atoms with van der Waals surface area (Å²) in [7, 11) is 0. The molecule has 0 bridgehead atoms. The Bertz CT molecular complexity index is 486. The van der Waals surface area contributed by atoms with Crippen molar-refractivity contribution in [1.29, 1.82) is 0 Å². The van der Waals surface area contributed by atoms with Crippen LogP contribution in [0.2, 0.25) is 0 Å². The van der Waals surface area contributed by atoms with Crippen molar-refractivity contribution in [2.24, 2.45) is 0 Å². The van der Waals surface area contributed by atoms with Crippen LogP contribution in [0.3, 0.4) is 0 Å². The Labute approximate surface area is 137 Å². The minimum atomic E-state index is -0.188. The third-order valence-electron chi connectivity index (χ3n) is 3.12. The first-order chi connectivity index (χ1) is 9.56. The molecule has 0 spiro atoms. The first-order valence-electron chi connectivity index (χ1n) is 6.58. The summed E-state index contributed by atoms with van der Waals surface area (Å²) in [6.45, 7) is 3.93. The van der Waals surface area contributed by atoms with Crippen LogP contribution in [0.15, 0.2) is 28.7 Å². The molecule has 0 saturated carbocycles. The van der Waals surface area contributed by atoms with Gasteiger partial charge in [-0.15, -0.1) is 0 Å². The summed E-state index contributed by atoms with van der Waals surface area (Å²) in [5, 5.41) is 2.72. The lowest BCUT2D eigenvalue weighted by molar-refractivity contribution is -0.115. The molecule has 0 unspecified atom stereocenters. The SMILES string of the molecule is C[C@@H](SC(=S)N1CCCC1)C(=O)Nc1ccc(Br)cc1. The number of hydrogen-bond acceptors (Lipinski definition) is 3. The molecule has 0 radical (unpaired) electrons. The highest BCUT2D eigenvalue weighted by Crippen LogP contribution is 2.22. The van der Waals surface area contributed by atoms with E-state index in [4.69, 9.17) is 12.2 Å². The number of carbonyl (C=O) groups excluding carboxylic acids is 1. The molecule has 1 amide bonds. The number of halogens is 1. The minimum Gasteiger partial charge on any atom is -0.358 e. The fourth-order valence-electron chi connectivity index (χ4n) is 1.96. The molecule has 0 aliphatic carbocycles. The molecule has 1 aliphatic heterocycles. The lowest BCUT2D eigenvalue weighted by Gasteiger charge is -2.20. The Morgan fingerprint density at radius 1 is 1.35 bits per heavy atom. The second-order valence-electron chi connectivity index (χ2n) is 4.72. The summed E-state index contributed by atoms with van der Waals surface area (Å²) in [6.07, 6.45) is 2.39. The van der Waals surface area contributed by atoms with Crippen LogP contribution >= 0.6 is 39.9 Å². The smallest absolute Gasteiger partial charge is 0.237 e. The fraction of sp³-hybridized carbons (Fsp3) is 0.429. The van der Waals surface area contributed by atoms with Crippen molar-refractivity contribution in [3.63, 3.8) is 0 Å². The Kier molecular flexibility index (Phi) is 5.86. The average molecular weight is 373 g/mol. The molecule has 1 aromatic carbocycles. The first-order valence-corrected chi connectivity index (χ1v) is 8.66. The van der Waals surface area contributed by atoms with Gasteiger partial charge in [-0.2, -0.15) is 0 Å². The maximum Gasteiger partial charge on any atom is 0.237 e. The van der Waals surface area contributed by atoms with Gasteiger partial charge in [-0.05, 0) is 44.0 Å². The molecule has 0 aromatic heterocycles. The lowest BCUT2D eigenvalue weighted by atomic mass is 10.3. The largest absolute Gasteiger partial charge is 0.358 e. The standard InChI is InChI=1S/C14H17BrN2OS2/c1-10(20-14(19)17-8-2-3-9-17)13(18)16-12-6-4-11(15)5-7-12/h4-7,10H,2-3,8-9H2,1H3,(H,16,18)/t10-/m1/s1. The highest BCUT2D eigenvalue weighted by atomic mass is 79.9. The highest BCUT2D eigenvalue weighted by molar-refractivity contribution is 9.10.